The van der Waals surface area contributed by atoms with Crippen molar-refractivity contribution in [1.29, 1.82) is 0 Å². The lowest BCUT2D eigenvalue weighted by atomic mass is 10.1. The molecule has 2 aromatic rings. The number of amides is 1. The van der Waals surface area contributed by atoms with Crippen LogP contribution in [-0.4, -0.2) is 27.2 Å². The Balaban J connectivity index is 2.00. The van der Waals surface area contributed by atoms with Crippen molar-refractivity contribution in [3.05, 3.63) is 47.2 Å². The number of nitrogens with one attached hydrogen (secondary N) is 1. The van der Waals surface area contributed by atoms with Crippen LogP contribution >= 0.6 is 0 Å². The van der Waals surface area contributed by atoms with Crippen LogP contribution in [0.15, 0.2) is 36.1 Å². The molecule has 0 atom stereocenters. The fourth-order valence-electron chi connectivity index (χ4n) is 2.61. The normalized spacial score (nSPS) is 14.4. The predicted octanol–water partition coefficient (Wildman–Crippen LogP) is 3.39. The fraction of sp³-hybridized carbons (Fsp3) is 0.211. The Morgan fingerprint density at radius 2 is 1.68 bits per heavy atom. The summed E-state index contributed by atoms with van der Waals surface area (Å²) in [4.78, 5) is 12.3. The summed E-state index contributed by atoms with van der Waals surface area (Å²) in [5.74, 6) is 1.96. The topological polar surface area (TPSA) is 66.0 Å². The third-order valence-electron chi connectivity index (χ3n) is 3.81. The van der Waals surface area contributed by atoms with E-state index in [0.29, 0.717) is 34.2 Å². The number of methoxy groups -OCH3 is 3. The lowest BCUT2D eigenvalue weighted by molar-refractivity contribution is -0.115. The van der Waals surface area contributed by atoms with Gasteiger partial charge in [-0.3, -0.25) is 4.79 Å². The summed E-state index contributed by atoms with van der Waals surface area (Å²) in [5, 5.41) is 2.83. The third kappa shape index (κ3) is 3.24. The van der Waals surface area contributed by atoms with Crippen LogP contribution in [0.1, 0.15) is 11.1 Å². The second kappa shape index (κ2) is 6.76. The SMILES string of the molecule is COc1cc(/C=C2\Oc3ccc(C)cc3NC2=O)cc(OC)c1OC. The van der Waals surface area contributed by atoms with Crippen LogP contribution < -0.4 is 24.3 Å². The van der Waals surface area contributed by atoms with Crippen LogP contribution in [0.25, 0.3) is 6.08 Å². The molecule has 130 valence electrons. The molecule has 2 aromatic carbocycles. The van der Waals surface area contributed by atoms with E-state index in [9.17, 15) is 4.79 Å². The second-order valence-electron chi connectivity index (χ2n) is 5.52. The Morgan fingerprint density at radius 3 is 2.28 bits per heavy atom. The standard InChI is InChI=1S/C19H19NO5/c1-11-5-6-14-13(7-11)20-19(21)17(25-14)10-12-8-15(22-2)18(24-4)16(9-12)23-3/h5-10H,1-4H3,(H,20,21)/b17-10-. The third-order valence-corrected chi connectivity index (χ3v) is 3.81. The van der Waals surface area contributed by atoms with Crippen LogP contribution in [0.4, 0.5) is 5.69 Å². The number of ether oxygens (including phenoxy) is 4. The van der Waals surface area contributed by atoms with E-state index in [4.69, 9.17) is 18.9 Å². The summed E-state index contributed by atoms with van der Waals surface area (Å²) in [6.45, 7) is 1.95. The zero-order valence-corrected chi connectivity index (χ0v) is 14.5. The highest BCUT2D eigenvalue weighted by atomic mass is 16.5. The van der Waals surface area contributed by atoms with Gasteiger partial charge >= 0.3 is 0 Å². The number of anilines is 1. The lowest BCUT2D eigenvalue weighted by Gasteiger charge is -2.20. The van der Waals surface area contributed by atoms with Crippen molar-refractivity contribution < 1.29 is 23.7 Å². The molecule has 1 aliphatic heterocycles. The monoisotopic (exact) mass is 341 g/mol. The number of carbonyl (C=O) groups is 1. The quantitative estimate of drug-likeness (QED) is 0.864. The smallest absolute Gasteiger partial charge is 0.291 e. The molecular formula is C19H19NO5. The van der Waals surface area contributed by atoms with E-state index in [1.165, 1.54) is 21.3 Å². The van der Waals surface area contributed by atoms with Gasteiger partial charge in [0.15, 0.2) is 23.0 Å². The molecule has 0 unspecified atom stereocenters. The number of hydrogen-bond acceptors (Lipinski definition) is 5. The van der Waals surface area contributed by atoms with Gasteiger partial charge in [0.1, 0.15) is 0 Å². The van der Waals surface area contributed by atoms with Crippen LogP contribution in [0.5, 0.6) is 23.0 Å². The van der Waals surface area contributed by atoms with Crippen LogP contribution in [0.2, 0.25) is 0 Å². The van der Waals surface area contributed by atoms with E-state index in [-0.39, 0.29) is 11.7 Å². The molecule has 0 aliphatic carbocycles. The average Bonchev–Trinajstić information content (AvgIpc) is 2.61. The zero-order valence-electron chi connectivity index (χ0n) is 14.5. The molecule has 0 aromatic heterocycles. The van der Waals surface area contributed by atoms with E-state index >= 15 is 0 Å². The van der Waals surface area contributed by atoms with Gasteiger partial charge in [0.25, 0.3) is 5.91 Å². The molecule has 0 radical (unpaired) electrons. The van der Waals surface area contributed by atoms with Gasteiger partial charge in [-0.05, 0) is 48.4 Å². The molecule has 0 saturated carbocycles. The van der Waals surface area contributed by atoms with Crippen LogP contribution in [0.3, 0.4) is 0 Å². The maximum atomic E-state index is 12.3. The van der Waals surface area contributed by atoms with Gasteiger partial charge in [-0.15, -0.1) is 0 Å². The number of carbonyl (C=O) groups excluding carboxylic acids is 1. The van der Waals surface area contributed by atoms with Crippen LogP contribution in [0, 0.1) is 6.92 Å². The maximum absolute atomic E-state index is 12.3. The van der Waals surface area contributed by atoms with Gasteiger partial charge in [0.05, 0.1) is 27.0 Å². The fourth-order valence-corrected chi connectivity index (χ4v) is 2.61. The minimum atomic E-state index is -0.313. The summed E-state index contributed by atoms with van der Waals surface area (Å²) in [6.07, 6.45) is 1.63. The van der Waals surface area contributed by atoms with E-state index in [1.807, 2.05) is 25.1 Å². The molecule has 1 aliphatic rings. The Morgan fingerprint density at radius 1 is 1.00 bits per heavy atom. The van der Waals surface area contributed by atoms with Gasteiger partial charge in [-0.1, -0.05) is 6.07 Å². The number of aryl methyl sites for hydroxylation is 1. The van der Waals surface area contributed by atoms with Crippen molar-refractivity contribution in [3.63, 3.8) is 0 Å². The van der Waals surface area contributed by atoms with E-state index in [1.54, 1.807) is 18.2 Å². The molecule has 1 amide bonds. The van der Waals surface area contributed by atoms with E-state index in [0.717, 1.165) is 5.56 Å². The van der Waals surface area contributed by atoms with Crippen molar-refractivity contribution in [2.45, 2.75) is 6.92 Å². The minimum Gasteiger partial charge on any atom is -0.493 e. The van der Waals surface area contributed by atoms with Crippen molar-refractivity contribution in [2.75, 3.05) is 26.6 Å². The van der Waals surface area contributed by atoms with Crippen LogP contribution in [-0.2, 0) is 4.79 Å². The first-order valence-corrected chi connectivity index (χ1v) is 7.67. The molecule has 6 heteroatoms. The predicted molar refractivity (Wildman–Crippen MR) is 94.5 cm³/mol. The largest absolute Gasteiger partial charge is 0.493 e. The lowest BCUT2D eigenvalue weighted by Crippen LogP contribution is -2.23. The van der Waals surface area contributed by atoms with Gasteiger partial charge in [-0.2, -0.15) is 0 Å². The molecule has 6 nitrogen and oxygen atoms in total. The molecule has 3 rings (SSSR count). The minimum absolute atomic E-state index is 0.186. The molecule has 1 heterocycles. The first-order valence-electron chi connectivity index (χ1n) is 7.67. The Bertz CT molecular complexity index is 832. The Kier molecular flexibility index (Phi) is 4.52. The Labute approximate surface area is 146 Å². The summed E-state index contributed by atoms with van der Waals surface area (Å²) < 4.78 is 21.7. The van der Waals surface area contributed by atoms with Gasteiger partial charge in [-0.25, -0.2) is 0 Å². The number of benzene rings is 2. The molecule has 0 saturated heterocycles. The summed E-state index contributed by atoms with van der Waals surface area (Å²) in [6, 6.07) is 9.11. The van der Waals surface area contributed by atoms with Crippen molar-refractivity contribution in [1.82, 2.24) is 0 Å². The van der Waals surface area contributed by atoms with Gasteiger partial charge in [0, 0.05) is 0 Å². The second-order valence-corrected chi connectivity index (χ2v) is 5.52. The van der Waals surface area contributed by atoms with E-state index < -0.39 is 0 Å². The first kappa shape index (κ1) is 16.7. The summed E-state index contributed by atoms with van der Waals surface area (Å²) in [7, 11) is 4.61. The van der Waals surface area contributed by atoms with Gasteiger partial charge < -0.3 is 24.3 Å². The first-order chi connectivity index (χ1) is 12.0. The average molecular weight is 341 g/mol. The summed E-state index contributed by atoms with van der Waals surface area (Å²) >= 11 is 0. The number of hydrogen-bond donors (Lipinski definition) is 1. The highest BCUT2D eigenvalue weighted by Gasteiger charge is 2.22. The molecule has 0 fully saturated rings. The van der Waals surface area contributed by atoms with Crippen molar-refractivity contribution in [3.8, 4) is 23.0 Å². The molecular weight excluding hydrogens is 322 g/mol. The molecule has 25 heavy (non-hydrogen) atoms. The molecule has 1 N–H and O–H groups in total. The molecule has 0 bridgehead atoms. The zero-order chi connectivity index (χ0) is 18.0. The van der Waals surface area contributed by atoms with Crippen molar-refractivity contribution in [2.24, 2.45) is 0 Å². The number of fused-ring (bicyclic) bond motifs is 1. The van der Waals surface area contributed by atoms with Crippen molar-refractivity contribution >= 4 is 17.7 Å². The highest BCUT2D eigenvalue weighted by Crippen LogP contribution is 2.39. The Hall–Kier alpha value is -3.15. The number of rotatable bonds is 4. The van der Waals surface area contributed by atoms with Gasteiger partial charge in [0.2, 0.25) is 5.75 Å². The molecule has 0 spiro atoms. The highest BCUT2D eigenvalue weighted by molar-refractivity contribution is 6.08. The summed E-state index contributed by atoms with van der Waals surface area (Å²) in [5.41, 5.74) is 2.39. The maximum Gasteiger partial charge on any atom is 0.291 e. The van der Waals surface area contributed by atoms with E-state index in [2.05, 4.69) is 5.32 Å².